The molecule has 0 radical (unpaired) electrons. The highest BCUT2D eigenvalue weighted by Gasteiger charge is 2.23. The topological polar surface area (TPSA) is 112 Å². The summed E-state index contributed by atoms with van der Waals surface area (Å²) in [6.07, 6.45) is 4.46. The zero-order valence-corrected chi connectivity index (χ0v) is 13.0. The molecule has 2 aromatic rings. The van der Waals surface area contributed by atoms with Gasteiger partial charge in [-0.1, -0.05) is 6.42 Å². The summed E-state index contributed by atoms with van der Waals surface area (Å²) in [4.78, 5) is 41.9. The number of hydrogen-bond donors (Lipinski definition) is 3. The second kappa shape index (κ2) is 6.33. The summed E-state index contributed by atoms with van der Waals surface area (Å²) >= 11 is 1.09. The number of hydrogen-bond acceptors (Lipinski definition) is 5. The molecule has 3 N–H and O–H groups in total. The van der Waals surface area contributed by atoms with E-state index in [4.69, 9.17) is 5.11 Å². The van der Waals surface area contributed by atoms with Gasteiger partial charge in [-0.3, -0.25) is 9.59 Å². The lowest BCUT2D eigenvalue weighted by Gasteiger charge is -2.23. The Morgan fingerprint density at radius 3 is 2.78 bits per heavy atom. The van der Waals surface area contributed by atoms with Gasteiger partial charge in [0.2, 0.25) is 0 Å². The molecule has 8 heteroatoms. The van der Waals surface area contributed by atoms with Crippen molar-refractivity contribution < 1.29 is 14.7 Å². The summed E-state index contributed by atoms with van der Waals surface area (Å²) in [5, 5.41) is 13.1. The lowest BCUT2D eigenvalue weighted by molar-refractivity contribution is 0.0702. The Morgan fingerprint density at radius 1 is 1.43 bits per heavy atom. The quantitative estimate of drug-likeness (QED) is 0.771. The van der Waals surface area contributed by atoms with Crippen molar-refractivity contribution in [1.82, 2.24) is 15.3 Å². The maximum atomic E-state index is 12.1. The Labute approximate surface area is 135 Å². The molecule has 0 unspecified atom stereocenters. The predicted molar refractivity (Wildman–Crippen MR) is 83.9 cm³/mol. The zero-order valence-electron chi connectivity index (χ0n) is 12.2. The van der Waals surface area contributed by atoms with E-state index in [0.29, 0.717) is 17.3 Å². The van der Waals surface area contributed by atoms with Crippen molar-refractivity contribution in [2.75, 3.05) is 0 Å². The number of aromatic amines is 1. The second-order valence-electron chi connectivity index (χ2n) is 5.45. The number of thiophene rings is 1. The predicted octanol–water partition coefficient (Wildman–Crippen LogP) is 1.73. The molecule has 0 bridgehead atoms. The number of H-pyrrole nitrogens is 1. The summed E-state index contributed by atoms with van der Waals surface area (Å²) in [5.41, 5.74) is 0.189. The van der Waals surface area contributed by atoms with Gasteiger partial charge in [0.25, 0.3) is 11.5 Å². The smallest absolute Gasteiger partial charge is 0.345 e. The molecule has 0 spiro atoms. The van der Waals surface area contributed by atoms with E-state index in [-0.39, 0.29) is 17.0 Å². The van der Waals surface area contributed by atoms with Crippen LogP contribution < -0.4 is 10.9 Å². The molecule has 3 rings (SSSR count). The molecule has 23 heavy (non-hydrogen) atoms. The van der Waals surface area contributed by atoms with Crippen LogP contribution in [0.2, 0.25) is 0 Å². The number of nitrogens with one attached hydrogen (secondary N) is 2. The maximum Gasteiger partial charge on any atom is 0.345 e. The van der Waals surface area contributed by atoms with Crippen LogP contribution in [0.1, 0.15) is 56.6 Å². The summed E-state index contributed by atoms with van der Waals surface area (Å²) in [7, 11) is 0. The molecule has 0 aliphatic heterocycles. The Kier molecular flexibility index (Phi) is 4.24. The van der Waals surface area contributed by atoms with E-state index in [2.05, 4.69) is 15.3 Å². The lowest BCUT2D eigenvalue weighted by atomic mass is 9.85. The highest BCUT2D eigenvalue weighted by atomic mass is 32.1. The van der Waals surface area contributed by atoms with Crippen molar-refractivity contribution in [2.24, 2.45) is 0 Å². The summed E-state index contributed by atoms with van der Waals surface area (Å²) in [6, 6.07) is 1.50. The molecule has 1 aliphatic rings. The van der Waals surface area contributed by atoms with E-state index in [0.717, 1.165) is 30.6 Å². The van der Waals surface area contributed by atoms with Crippen LogP contribution in [0.4, 0.5) is 0 Å². The average Bonchev–Trinajstić information content (AvgIpc) is 2.92. The normalized spacial score (nSPS) is 14.3. The number of aromatic nitrogens is 2. The summed E-state index contributed by atoms with van der Waals surface area (Å²) < 4.78 is 0. The summed E-state index contributed by atoms with van der Waals surface area (Å²) in [6.45, 7) is 0.159. The molecular weight excluding hydrogens is 318 g/mol. The van der Waals surface area contributed by atoms with Gasteiger partial charge in [-0.15, -0.1) is 11.3 Å². The lowest BCUT2D eigenvalue weighted by Crippen LogP contribution is -2.31. The third kappa shape index (κ3) is 3.31. The van der Waals surface area contributed by atoms with Crippen LogP contribution in [-0.4, -0.2) is 27.0 Å². The molecule has 2 aromatic heterocycles. The van der Waals surface area contributed by atoms with Crippen molar-refractivity contribution in [3.63, 3.8) is 0 Å². The van der Waals surface area contributed by atoms with Gasteiger partial charge in [0.1, 0.15) is 16.3 Å². The fourth-order valence-electron chi connectivity index (χ4n) is 2.32. The first kappa shape index (κ1) is 15.4. The Balaban J connectivity index is 1.65. The van der Waals surface area contributed by atoms with Gasteiger partial charge in [-0.05, 0) is 29.9 Å². The average molecular weight is 333 g/mol. The first-order valence-corrected chi connectivity index (χ1v) is 8.10. The third-order valence-electron chi connectivity index (χ3n) is 3.87. The van der Waals surface area contributed by atoms with Crippen molar-refractivity contribution in [3.05, 3.63) is 49.8 Å². The molecule has 2 heterocycles. The number of rotatable bonds is 5. The Bertz CT molecular complexity index is 807. The molecule has 1 aliphatic carbocycles. The van der Waals surface area contributed by atoms with Crippen molar-refractivity contribution in [3.8, 4) is 0 Å². The largest absolute Gasteiger partial charge is 0.477 e. The SMILES string of the molecule is O=C(O)c1cc(CNC(=O)c2cnc(C3CCC3)[nH]c2=O)cs1. The van der Waals surface area contributed by atoms with Gasteiger partial charge >= 0.3 is 5.97 Å². The molecule has 1 fully saturated rings. The van der Waals surface area contributed by atoms with Crippen molar-refractivity contribution >= 4 is 23.2 Å². The van der Waals surface area contributed by atoms with Crippen LogP contribution in [0.3, 0.4) is 0 Å². The molecule has 1 saturated carbocycles. The number of carboxylic acid groups (broad SMARTS) is 1. The van der Waals surface area contributed by atoms with E-state index in [9.17, 15) is 14.4 Å². The number of amides is 1. The number of carbonyl (C=O) groups is 2. The molecule has 0 aromatic carbocycles. The minimum atomic E-state index is -1.00. The van der Waals surface area contributed by atoms with Crippen LogP contribution in [0, 0.1) is 0 Å². The fraction of sp³-hybridized carbons (Fsp3) is 0.333. The van der Waals surface area contributed by atoms with Gasteiger partial charge in [0.15, 0.2) is 0 Å². The molecule has 7 nitrogen and oxygen atoms in total. The first-order valence-electron chi connectivity index (χ1n) is 7.22. The van der Waals surface area contributed by atoms with E-state index in [1.807, 2.05) is 0 Å². The first-order chi connectivity index (χ1) is 11.0. The minimum absolute atomic E-state index is 0.0400. The van der Waals surface area contributed by atoms with Gasteiger partial charge in [0, 0.05) is 18.7 Å². The maximum absolute atomic E-state index is 12.1. The zero-order chi connectivity index (χ0) is 16.4. The van der Waals surface area contributed by atoms with Crippen LogP contribution in [0.25, 0.3) is 0 Å². The standard InChI is InChI=1S/C15H15N3O4S/c19-13(17-5-8-4-11(15(21)22)23-7-8)10-6-16-12(18-14(10)20)9-2-1-3-9/h4,6-7,9H,1-3,5H2,(H,17,19)(H,21,22)(H,16,18,20). The minimum Gasteiger partial charge on any atom is -0.477 e. The highest BCUT2D eigenvalue weighted by Crippen LogP contribution is 2.33. The summed E-state index contributed by atoms with van der Waals surface area (Å²) in [5.74, 6) is -0.594. The fourth-order valence-corrected chi connectivity index (χ4v) is 3.07. The Morgan fingerprint density at radius 2 is 2.22 bits per heavy atom. The number of carboxylic acids is 1. The van der Waals surface area contributed by atoms with E-state index < -0.39 is 17.4 Å². The number of nitrogens with zero attached hydrogens (tertiary/aromatic N) is 1. The number of aromatic carboxylic acids is 1. The monoisotopic (exact) mass is 333 g/mol. The van der Waals surface area contributed by atoms with Crippen LogP contribution in [-0.2, 0) is 6.54 Å². The number of carbonyl (C=O) groups excluding carboxylic acids is 1. The highest BCUT2D eigenvalue weighted by molar-refractivity contribution is 7.12. The van der Waals surface area contributed by atoms with E-state index in [1.54, 1.807) is 5.38 Å². The molecule has 1 amide bonds. The molecular formula is C15H15N3O4S. The molecule has 120 valence electrons. The van der Waals surface area contributed by atoms with Gasteiger partial charge < -0.3 is 15.4 Å². The molecule has 0 saturated heterocycles. The van der Waals surface area contributed by atoms with Crippen LogP contribution in [0.15, 0.2) is 22.4 Å². The third-order valence-corrected chi connectivity index (χ3v) is 4.84. The van der Waals surface area contributed by atoms with E-state index in [1.165, 1.54) is 12.3 Å². The van der Waals surface area contributed by atoms with Gasteiger partial charge in [-0.25, -0.2) is 9.78 Å². The van der Waals surface area contributed by atoms with Gasteiger partial charge in [0.05, 0.1) is 0 Å². The van der Waals surface area contributed by atoms with Crippen molar-refractivity contribution in [2.45, 2.75) is 31.7 Å². The molecule has 0 atom stereocenters. The van der Waals surface area contributed by atoms with Crippen LogP contribution >= 0.6 is 11.3 Å². The Hall–Kier alpha value is -2.48. The van der Waals surface area contributed by atoms with Gasteiger partial charge in [-0.2, -0.15) is 0 Å². The van der Waals surface area contributed by atoms with Crippen LogP contribution in [0.5, 0.6) is 0 Å². The van der Waals surface area contributed by atoms with Crippen molar-refractivity contribution in [1.29, 1.82) is 0 Å². The second-order valence-corrected chi connectivity index (χ2v) is 6.36. The van der Waals surface area contributed by atoms with E-state index >= 15 is 0 Å².